The highest BCUT2D eigenvalue weighted by Gasteiger charge is 2.27. The van der Waals surface area contributed by atoms with Gasteiger partial charge in [0, 0.05) is 24.7 Å². The van der Waals surface area contributed by atoms with Gasteiger partial charge in [-0.3, -0.25) is 10.1 Å². The number of hydrogen-bond acceptors (Lipinski definition) is 3. The first-order valence-corrected chi connectivity index (χ1v) is 5.22. The van der Waals surface area contributed by atoms with Crippen molar-refractivity contribution in [3.05, 3.63) is 41.7 Å². The molecule has 0 saturated heterocycles. The van der Waals surface area contributed by atoms with Gasteiger partial charge >= 0.3 is 0 Å². The molecule has 0 spiro atoms. The minimum Gasteiger partial charge on any atom is -0.264 e. The SMILES string of the molecule is c1cncc(Cc2nc(C3CC3)n[nH]2)c1. The van der Waals surface area contributed by atoms with E-state index in [0.717, 1.165) is 23.6 Å². The van der Waals surface area contributed by atoms with Crippen LogP contribution >= 0.6 is 0 Å². The maximum Gasteiger partial charge on any atom is 0.153 e. The van der Waals surface area contributed by atoms with Crippen LogP contribution in [0.5, 0.6) is 0 Å². The molecule has 76 valence electrons. The molecule has 2 heterocycles. The van der Waals surface area contributed by atoms with Crippen LogP contribution in [0.1, 0.15) is 36.0 Å². The quantitative estimate of drug-likeness (QED) is 0.819. The molecule has 0 unspecified atom stereocenters. The highest BCUT2D eigenvalue weighted by molar-refractivity contribution is 5.15. The molecule has 0 amide bonds. The number of hydrogen-bond donors (Lipinski definition) is 1. The van der Waals surface area contributed by atoms with E-state index in [1.807, 2.05) is 18.3 Å². The van der Waals surface area contributed by atoms with Crippen LogP contribution in [0.2, 0.25) is 0 Å². The average Bonchev–Trinajstić information content (AvgIpc) is 3.02. The summed E-state index contributed by atoms with van der Waals surface area (Å²) in [5, 5.41) is 7.20. The lowest BCUT2D eigenvalue weighted by atomic mass is 10.2. The fraction of sp³-hybridized carbons (Fsp3) is 0.364. The number of aromatic nitrogens is 4. The number of aromatic amines is 1. The molecule has 15 heavy (non-hydrogen) atoms. The van der Waals surface area contributed by atoms with E-state index in [1.54, 1.807) is 6.20 Å². The molecule has 4 heteroatoms. The topological polar surface area (TPSA) is 54.5 Å². The van der Waals surface area contributed by atoms with E-state index < -0.39 is 0 Å². The van der Waals surface area contributed by atoms with Crippen molar-refractivity contribution in [3.8, 4) is 0 Å². The summed E-state index contributed by atoms with van der Waals surface area (Å²) in [7, 11) is 0. The third-order valence-corrected chi connectivity index (χ3v) is 2.59. The Balaban J connectivity index is 1.76. The van der Waals surface area contributed by atoms with Gasteiger partial charge in [0.25, 0.3) is 0 Å². The van der Waals surface area contributed by atoms with Crippen LogP contribution in [-0.4, -0.2) is 20.2 Å². The highest BCUT2D eigenvalue weighted by atomic mass is 15.2. The monoisotopic (exact) mass is 200 g/mol. The van der Waals surface area contributed by atoms with E-state index in [9.17, 15) is 0 Å². The van der Waals surface area contributed by atoms with Crippen molar-refractivity contribution in [2.24, 2.45) is 0 Å². The smallest absolute Gasteiger partial charge is 0.153 e. The predicted molar refractivity (Wildman–Crippen MR) is 55.4 cm³/mol. The van der Waals surface area contributed by atoms with Crippen LogP contribution in [0.3, 0.4) is 0 Å². The fourth-order valence-electron chi connectivity index (χ4n) is 1.61. The van der Waals surface area contributed by atoms with Gasteiger partial charge in [0.05, 0.1) is 0 Å². The van der Waals surface area contributed by atoms with E-state index in [2.05, 4.69) is 20.2 Å². The Morgan fingerprint density at radius 3 is 3.07 bits per heavy atom. The molecule has 0 bridgehead atoms. The van der Waals surface area contributed by atoms with E-state index in [1.165, 1.54) is 12.8 Å². The van der Waals surface area contributed by atoms with Gasteiger partial charge in [-0.1, -0.05) is 6.07 Å². The van der Waals surface area contributed by atoms with Crippen molar-refractivity contribution in [2.75, 3.05) is 0 Å². The molecular weight excluding hydrogens is 188 g/mol. The van der Waals surface area contributed by atoms with Crippen LogP contribution < -0.4 is 0 Å². The highest BCUT2D eigenvalue weighted by Crippen LogP contribution is 2.37. The molecule has 1 fully saturated rings. The molecule has 0 aromatic carbocycles. The maximum absolute atomic E-state index is 4.47. The summed E-state index contributed by atoms with van der Waals surface area (Å²) in [6, 6.07) is 3.99. The zero-order valence-electron chi connectivity index (χ0n) is 8.35. The molecule has 2 aromatic rings. The number of H-pyrrole nitrogens is 1. The summed E-state index contributed by atoms with van der Waals surface area (Å²) in [6.45, 7) is 0. The summed E-state index contributed by atoms with van der Waals surface area (Å²) in [4.78, 5) is 8.55. The Labute approximate surface area is 87.8 Å². The summed E-state index contributed by atoms with van der Waals surface area (Å²) < 4.78 is 0. The molecule has 4 nitrogen and oxygen atoms in total. The average molecular weight is 200 g/mol. The van der Waals surface area contributed by atoms with Gasteiger partial charge in [-0.2, -0.15) is 5.10 Å². The maximum atomic E-state index is 4.47. The molecule has 2 aromatic heterocycles. The first kappa shape index (κ1) is 8.59. The third-order valence-electron chi connectivity index (χ3n) is 2.59. The number of pyridine rings is 1. The van der Waals surface area contributed by atoms with Crippen molar-refractivity contribution < 1.29 is 0 Å². The van der Waals surface area contributed by atoms with E-state index >= 15 is 0 Å². The second kappa shape index (κ2) is 3.46. The Hall–Kier alpha value is -1.71. The van der Waals surface area contributed by atoms with E-state index in [4.69, 9.17) is 0 Å². The zero-order valence-corrected chi connectivity index (χ0v) is 8.35. The minimum absolute atomic E-state index is 0.615. The molecule has 3 rings (SSSR count). The normalized spacial score (nSPS) is 15.5. The lowest BCUT2D eigenvalue weighted by Crippen LogP contribution is -1.91. The van der Waals surface area contributed by atoms with Crippen LogP contribution in [0, 0.1) is 0 Å². The lowest BCUT2D eigenvalue weighted by Gasteiger charge is -1.94. The van der Waals surface area contributed by atoms with Gasteiger partial charge in [0.2, 0.25) is 0 Å². The fourth-order valence-corrected chi connectivity index (χ4v) is 1.61. The first-order chi connectivity index (χ1) is 7.42. The van der Waals surface area contributed by atoms with E-state index in [0.29, 0.717) is 5.92 Å². The van der Waals surface area contributed by atoms with Gasteiger partial charge in [-0.05, 0) is 24.5 Å². The standard InChI is InChI=1S/C11H12N4/c1-2-8(7-12-5-1)6-10-13-11(15-14-10)9-3-4-9/h1-2,5,7,9H,3-4,6H2,(H,13,14,15). The van der Waals surface area contributed by atoms with Gasteiger partial charge in [-0.25, -0.2) is 4.98 Å². The Morgan fingerprint density at radius 1 is 1.40 bits per heavy atom. The van der Waals surface area contributed by atoms with Crippen molar-refractivity contribution in [1.29, 1.82) is 0 Å². The van der Waals surface area contributed by atoms with Crippen LogP contribution in [0.4, 0.5) is 0 Å². The van der Waals surface area contributed by atoms with Crippen LogP contribution in [0.25, 0.3) is 0 Å². The van der Waals surface area contributed by atoms with Crippen molar-refractivity contribution in [1.82, 2.24) is 20.2 Å². The van der Waals surface area contributed by atoms with E-state index in [-0.39, 0.29) is 0 Å². The summed E-state index contributed by atoms with van der Waals surface area (Å²) in [6.07, 6.45) is 6.90. The minimum atomic E-state index is 0.615. The Morgan fingerprint density at radius 2 is 2.33 bits per heavy atom. The zero-order chi connectivity index (χ0) is 10.1. The summed E-state index contributed by atoms with van der Waals surface area (Å²) >= 11 is 0. The first-order valence-electron chi connectivity index (χ1n) is 5.22. The second-order valence-electron chi connectivity index (χ2n) is 3.95. The van der Waals surface area contributed by atoms with Crippen molar-refractivity contribution >= 4 is 0 Å². The van der Waals surface area contributed by atoms with Crippen LogP contribution in [-0.2, 0) is 6.42 Å². The van der Waals surface area contributed by atoms with Gasteiger partial charge in [0.1, 0.15) is 5.82 Å². The predicted octanol–water partition coefficient (Wildman–Crippen LogP) is 1.67. The van der Waals surface area contributed by atoms with Crippen molar-refractivity contribution in [2.45, 2.75) is 25.2 Å². The molecule has 1 aliphatic carbocycles. The van der Waals surface area contributed by atoms with Gasteiger partial charge in [-0.15, -0.1) is 0 Å². The molecule has 0 radical (unpaired) electrons. The molecule has 0 aliphatic heterocycles. The lowest BCUT2D eigenvalue weighted by molar-refractivity contribution is 0.932. The number of nitrogens with zero attached hydrogens (tertiary/aromatic N) is 3. The molecule has 1 saturated carbocycles. The Bertz CT molecular complexity index is 445. The van der Waals surface area contributed by atoms with Crippen LogP contribution in [0.15, 0.2) is 24.5 Å². The van der Waals surface area contributed by atoms with Crippen molar-refractivity contribution in [3.63, 3.8) is 0 Å². The number of rotatable bonds is 3. The molecular formula is C11H12N4. The molecule has 0 atom stereocenters. The molecule has 1 N–H and O–H groups in total. The van der Waals surface area contributed by atoms with Gasteiger partial charge < -0.3 is 0 Å². The summed E-state index contributed by atoms with van der Waals surface area (Å²) in [5.74, 6) is 2.53. The largest absolute Gasteiger partial charge is 0.264 e. The van der Waals surface area contributed by atoms with Gasteiger partial charge in [0.15, 0.2) is 5.82 Å². The second-order valence-corrected chi connectivity index (χ2v) is 3.95. The third kappa shape index (κ3) is 1.88. The Kier molecular flexibility index (Phi) is 1.98. The molecule has 1 aliphatic rings. The number of nitrogens with one attached hydrogen (secondary N) is 1. The summed E-state index contributed by atoms with van der Waals surface area (Å²) in [5.41, 5.74) is 1.16.